The third-order valence-corrected chi connectivity index (χ3v) is 3.96. The molecule has 0 atom stereocenters. The van der Waals surface area contributed by atoms with E-state index in [-0.39, 0.29) is 24.7 Å². The van der Waals surface area contributed by atoms with Gasteiger partial charge in [-0.25, -0.2) is 5.43 Å². The van der Waals surface area contributed by atoms with Gasteiger partial charge in [0.15, 0.2) is 0 Å². The summed E-state index contributed by atoms with van der Waals surface area (Å²) in [6.07, 6.45) is 0.309. The Morgan fingerprint density at radius 2 is 1.39 bits per heavy atom. The molecule has 0 radical (unpaired) electrons. The van der Waals surface area contributed by atoms with E-state index < -0.39 is 0 Å². The fourth-order valence-electron chi connectivity index (χ4n) is 2.40. The molecule has 0 aromatic heterocycles. The first-order chi connectivity index (χ1) is 13.5. The minimum atomic E-state index is -0.247. The van der Waals surface area contributed by atoms with Gasteiger partial charge in [-0.05, 0) is 42.3 Å². The normalized spacial score (nSPS) is 10.9. The van der Waals surface area contributed by atoms with Crippen molar-refractivity contribution in [2.45, 2.75) is 26.3 Å². The van der Waals surface area contributed by atoms with Gasteiger partial charge in [-0.15, -0.1) is 0 Å². The molecule has 0 saturated heterocycles. The van der Waals surface area contributed by atoms with Crippen LogP contribution in [0.2, 0.25) is 0 Å². The summed E-state index contributed by atoms with van der Waals surface area (Å²) in [7, 11) is 3.20. The SMILES string of the molecule is COc1ccc(CNC(=O)C/C(C)=N\NC(=O)Cc2ccc(OC)cc2)cc1. The summed E-state index contributed by atoms with van der Waals surface area (Å²) in [6, 6.07) is 14.7. The van der Waals surface area contributed by atoms with E-state index in [1.54, 1.807) is 33.3 Å². The van der Waals surface area contributed by atoms with Gasteiger partial charge in [0.05, 0.1) is 27.1 Å². The first-order valence-electron chi connectivity index (χ1n) is 8.84. The first kappa shape index (κ1) is 21.0. The van der Waals surface area contributed by atoms with Crippen molar-refractivity contribution in [2.24, 2.45) is 5.10 Å². The molecule has 2 aromatic carbocycles. The van der Waals surface area contributed by atoms with Crippen molar-refractivity contribution in [3.8, 4) is 11.5 Å². The van der Waals surface area contributed by atoms with E-state index in [1.165, 1.54) is 0 Å². The first-order valence-corrected chi connectivity index (χ1v) is 8.84. The van der Waals surface area contributed by atoms with Crippen LogP contribution in [-0.4, -0.2) is 31.7 Å². The lowest BCUT2D eigenvalue weighted by Gasteiger charge is -2.07. The Morgan fingerprint density at radius 1 is 0.857 bits per heavy atom. The predicted octanol–water partition coefficient (Wildman–Crippen LogP) is 2.44. The molecule has 0 aliphatic carbocycles. The molecule has 0 aliphatic rings. The molecule has 7 nitrogen and oxygen atoms in total. The molecule has 0 aliphatic heterocycles. The maximum Gasteiger partial charge on any atom is 0.244 e. The minimum Gasteiger partial charge on any atom is -0.497 e. The lowest BCUT2D eigenvalue weighted by atomic mass is 10.1. The van der Waals surface area contributed by atoms with E-state index in [9.17, 15) is 9.59 Å². The summed E-state index contributed by atoms with van der Waals surface area (Å²) >= 11 is 0. The number of benzene rings is 2. The van der Waals surface area contributed by atoms with Crippen molar-refractivity contribution in [1.29, 1.82) is 0 Å². The van der Waals surface area contributed by atoms with Crippen molar-refractivity contribution in [1.82, 2.24) is 10.7 Å². The Balaban J connectivity index is 1.73. The molecule has 28 heavy (non-hydrogen) atoms. The maximum absolute atomic E-state index is 12.0. The van der Waals surface area contributed by atoms with E-state index >= 15 is 0 Å². The third-order valence-electron chi connectivity index (χ3n) is 3.96. The van der Waals surface area contributed by atoms with Crippen LogP contribution in [0.3, 0.4) is 0 Å². The zero-order valence-electron chi connectivity index (χ0n) is 16.3. The van der Waals surface area contributed by atoms with Gasteiger partial charge in [-0.1, -0.05) is 24.3 Å². The number of carbonyl (C=O) groups excluding carboxylic acids is 2. The molecule has 0 heterocycles. The van der Waals surface area contributed by atoms with E-state index in [1.807, 2.05) is 36.4 Å². The Hall–Kier alpha value is -3.35. The van der Waals surface area contributed by atoms with E-state index in [0.29, 0.717) is 12.3 Å². The summed E-state index contributed by atoms with van der Waals surface area (Å²) in [5.41, 5.74) is 4.82. The van der Waals surface area contributed by atoms with Gasteiger partial charge < -0.3 is 14.8 Å². The van der Waals surface area contributed by atoms with Gasteiger partial charge in [0, 0.05) is 12.3 Å². The van der Waals surface area contributed by atoms with E-state index in [0.717, 1.165) is 22.6 Å². The molecule has 0 spiro atoms. The lowest BCUT2D eigenvalue weighted by molar-refractivity contribution is -0.121. The Kier molecular flexibility index (Phi) is 8.02. The van der Waals surface area contributed by atoms with Crippen molar-refractivity contribution in [3.05, 3.63) is 59.7 Å². The van der Waals surface area contributed by atoms with Gasteiger partial charge in [0.25, 0.3) is 0 Å². The van der Waals surface area contributed by atoms with Crippen LogP contribution in [0.25, 0.3) is 0 Å². The molecule has 0 saturated carbocycles. The second kappa shape index (κ2) is 10.7. The second-order valence-electron chi connectivity index (χ2n) is 6.21. The van der Waals surface area contributed by atoms with Crippen molar-refractivity contribution >= 4 is 17.5 Å². The van der Waals surface area contributed by atoms with Crippen LogP contribution in [-0.2, 0) is 22.6 Å². The highest BCUT2D eigenvalue weighted by Gasteiger charge is 2.06. The highest BCUT2D eigenvalue weighted by atomic mass is 16.5. The largest absolute Gasteiger partial charge is 0.497 e. The highest BCUT2D eigenvalue weighted by molar-refractivity contribution is 6.00. The standard InChI is InChI=1S/C21H25N3O4/c1-15(12-20(25)22-14-17-6-10-19(28-3)11-7-17)23-24-21(26)13-16-4-8-18(27-2)9-5-16/h4-11H,12-14H2,1-3H3,(H,22,25)(H,24,26)/b23-15-. The van der Waals surface area contributed by atoms with Crippen molar-refractivity contribution in [2.75, 3.05) is 14.2 Å². The lowest BCUT2D eigenvalue weighted by Crippen LogP contribution is -2.26. The minimum absolute atomic E-state index is 0.110. The molecular weight excluding hydrogens is 358 g/mol. The number of hydrogen-bond acceptors (Lipinski definition) is 5. The number of carbonyl (C=O) groups is 2. The summed E-state index contributed by atoms with van der Waals surface area (Å²) in [6.45, 7) is 2.11. The quantitative estimate of drug-likeness (QED) is 0.514. The van der Waals surface area contributed by atoms with Gasteiger partial charge >= 0.3 is 0 Å². The highest BCUT2D eigenvalue weighted by Crippen LogP contribution is 2.12. The predicted molar refractivity (Wildman–Crippen MR) is 107 cm³/mol. The zero-order valence-corrected chi connectivity index (χ0v) is 16.3. The molecule has 7 heteroatoms. The summed E-state index contributed by atoms with van der Waals surface area (Å²) in [5, 5.41) is 6.81. The van der Waals surface area contributed by atoms with E-state index in [4.69, 9.17) is 9.47 Å². The molecule has 148 valence electrons. The van der Waals surface area contributed by atoms with Gasteiger partial charge in [-0.3, -0.25) is 9.59 Å². The molecule has 2 rings (SSSR count). The molecule has 0 fully saturated rings. The number of methoxy groups -OCH3 is 2. The van der Waals surface area contributed by atoms with Gasteiger partial charge in [-0.2, -0.15) is 5.10 Å². The fourth-order valence-corrected chi connectivity index (χ4v) is 2.40. The number of nitrogens with zero attached hydrogens (tertiary/aromatic N) is 1. The fraction of sp³-hybridized carbons (Fsp3) is 0.286. The zero-order chi connectivity index (χ0) is 20.4. The number of nitrogens with one attached hydrogen (secondary N) is 2. The van der Waals surface area contributed by atoms with Gasteiger partial charge in [0.1, 0.15) is 11.5 Å². The molecule has 2 aromatic rings. The third kappa shape index (κ3) is 7.11. The average molecular weight is 383 g/mol. The number of amides is 2. The van der Waals surface area contributed by atoms with Gasteiger partial charge in [0.2, 0.25) is 11.8 Å². The van der Waals surface area contributed by atoms with Crippen LogP contribution in [0.15, 0.2) is 53.6 Å². The summed E-state index contributed by atoms with van der Waals surface area (Å²) in [5.74, 6) is 1.09. The smallest absolute Gasteiger partial charge is 0.244 e. The molecule has 2 N–H and O–H groups in total. The van der Waals surface area contributed by atoms with Crippen LogP contribution < -0.4 is 20.2 Å². The van der Waals surface area contributed by atoms with Crippen LogP contribution in [0.4, 0.5) is 0 Å². The van der Waals surface area contributed by atoms with Crippen LogP contribution >= 0.6 is 0 Å². The topological polar surface area (TPSA) is 89.0 Å². The Morgan fingerprint density at radius 3 is 1.93 bits per heavy atom. The second-order valence-corrected chi connectivity index (χ2v) is 6.21. The van der Waals surface area contributed by atoms with Crippen molar-refractivity contribution in [3.63, 3.8) is 0 Å². The van der Waals surface area contributed by atoms with Crippen LogP contribution in [0.1, 0.15) is 24.5 Å². The van der Waals surface area contributed by atoms with Crippen molar-refractivity contribution < 1.29 is 19.1 Å². The number of hydrogen-bond donors (Lipinski definition) is 2. The molecule has 2 amide bonds. The number of hydrazone groups is 1. The van der Waals surface area contributed by atoms with Crippen LogP contribution in [0.5, 0.6) is 11.5 Å². The average Bonchev–Trinajstić information content (AvgIpc) is 2.71. The molecule has 0 unspecified atom stereocenters. The number of ether oxygens (including phenoxy) is 2. The monoisotopic (exact) mass is 383 g/mol. The van der Waals surface area contributed by atoms with Crippen LogP contribution in [0, 0.1) is 0 Å². The summed E-state index contributed by atoms with van der Waals surface area (Å²) < 4.78 is 10.2. The maximum atomic E-state index is 12.0. The molecular formula is C21H25N3O4. The molecule has 0 bridgehead atoms. The Labute approximate surface area is 164 Å². The van der Waals surface area contributed by atoms with E-state index in [2.05, 4.69) is 15.8 Å². The number of rotatable bonds is 9. The summed E-state index contributed by atoms with van der Waals surface area (Å²) in [4.78, 5) is 24.0. The Bertz CT molecular complexity index is 815.